The van der Waals surface area contributed by atoms with Crippen molar-refractivity contribution in [3.8, 4) is 0 Å². The van der Waals surface area contributed by atoms with Gasteiger partial charge in [0.1, 0.15) is 0 Å². The highest BCUT2D eigenvalue weighted by Crippen LogP contribution is 2.15. The second-order valence-corrected chi connectivity index (χ2v) is 5.09. The van der Waals surface area contributed by atoms with E-state index in [2.05, 4.69) is 12.2 Å². The first-order valence-corrected chi connectivity index (χ1v) is 7.12. The predicted molar refractivity (Wildman–Crippen MR) is 68.4 cm³/mol. The fourth-order valence-corrected chi connectivity index (χ4v) is 2.31. The molecule has 94 valence electrons. The number of nitrogens with one attached hydrogen (secondary N) is 1. The van der Waals surface area contributed by atoms with Gasteiger partial charge in [0.05, 0.1) is 0 Å². The van der Waals surface area contributed by atoms with Crippen molar-refractivity contribution in [2.24, 2.45) is 0 Å². The van der Waals surface area contributed by atoms with Crippen LogP contribution in [0.2, 0.25) is 0 Å². The molecule has 2 heteroatoms. The number of unbranched alkanes of at least 4 members (excludes halogenated alkanes) is 8. The van der Waals surface area contributed by atoms with Gasteiger partial charge in [0.25, 0.3) is 0 Å². The lowest BCUT2D eigenvalue weighted by Crippen LogP contribution is -2.48. The standard InChI is InChI=1S/C14H27NO/c1-2-3-4-5-6-7-8-9-10-11-13-12-14(16)15-13/h13H,2-12H2,1H3,(H,15,16)/t13-/m0/s1. The first kappa shape index (κ1) is 13.5. The Balaban J connectivity index is 1.70. The third-order valence-electron chi connectivity index (χ3n) is 3.45. The fourth-order valence-electron chi connectivity index (χ4n) is 2.31. The Labute approximate surface area is 100 Å². The highest BCUT2D eigenvalue weighted by Gasteiger charge is 2.23. The van der Waals surface area contributed by atoms with Gasteiger partial charge in [0.2, 0.25) is 5.91 Å². The van der Waals surface area contributed by atoms with E-state index in [1.165, 1.54) is 64.2 Å². The molecular weight excluding hydrogens is 198 g/mol. The van der Waals surface area contributed by atoms with E-state index in [-0.39, 0.29) is 5.91 Å². The van der Waals surface area contributed by atoms with E-state index < -0.39 is 0 Å². The molecule has 0 unspecified atom stereocenters. The molecule has 1 N–H and O–H groups in total. The molecule has 0 spiro atoms. The number of β-lactam (4-membered cyclic amide) rings is 1. The molecule has 0 bridgehead atoms. The number of carbonyl (C=O) groups excluding carboxylic acids is 1. The topological polar surface area (TPSA) is 29.1 Å². The Morgan fingerprint density at radius 2 is 1.50 bits per heavy atom. The minimum atomic E-state index is 0.237. The van der Waals surface area contributed by atoms with E-state index in [0.29, 0.717) is 6.04 Å². The highest BCUT2D eigenvalue weighted by molar-refractivity contribution is 5.82. The second-order valence-electron chi connectivity index (χ2n) is 5.09. The summed E-state index contributed by atoms with van der Waals surface area (Å²) in [5, 5.41) is 2.93. The number of rotatable bonds is 10. The van der Waals surface area contributed by atoms with Crippen LogP contribution in [0, 0.1) is 0 Å². The largest absolute Gasteiger partial charge is 0.353 e. The number of amides is 1. The van der Waals surface area contributed by atoms with E-state index in [0.717, 1.165) is 6.42 Å². The van der Waals surface area contributed by atoms with Crippen molar-refractivity contribution < 1.29 is 4.79 Å². The lowest BCUT2D eigenvalue weighted by molar-refractivity contribution is -0.128. The Morgan fingerprint density at radius 3 is 2.00 bits per heavy atom. The van der Waals surface area contributed by atoms with Crippen LogP contribution in [-0.4, -0.2) is 11.9 Å². The molecule has 0 radical (unpaired) electrons. The van der Waals surface area contributed by atoms with E-state index in [4.69, 9.17) is 0 Å². The van der Waals surface area contributed by atoms with Gasteiger partial charge in [-0.15, -0.1) is 0 Å². The van der Waals surface area contributed by atoms with E-state index in [1.807, 2.05) is 0 Å². The van der Waals surface area contributed by atoms with Crippen molar-refractivity contribution in [2.45, 2.75) is 83.6 Å². The third kappa shape index (κ3) is 6.14. The molecule has 1 aliphatic heterocycles. The van der Waals surface area contributed by atoms with Gasteiger partial charge < -0.3 is 5.32 Å². The van der Waals surface area contributed by atoms with Crippen LogP contribution in [0.5, 0.6) is 0 Å². The van der Waals surface area contributed by atoms with E-state index in [1.54, 1.807) is 0 Å². The number of hydrogen-bond donors (Lipinski definition) is 1. The molecule has 2 nitrogen and oxygen atoms in total. The molecule has 1 atom stereocenters. The molecule has 0 saturated carbocycles. The Morgan fingerprint density at radius 1 is 1.00 bits per heavy atom. The zero-order valence-corrected chi connectivity index (χ0v) is 10.8. The summed E-state index contributed by atoms with van der Waals surface area (Å²) in [6.45, 7) is 2.26. The lowest BCUT2D eigenvalue weighted by Gasteiger charge is -2.26. The summed E-state index contributed by atoms with van der Waals surface area (Å²) in [4.78, 5) is 10.7. The molecule has 1 fully saturated rings. The number of carbonyl (C=O) groups is 1. The summed E-state index contributed by atoms with van der Waals surface area (Å²) in [5.74, 6) is 0.237. The first-order valence-electron chi connectivity index (χ1n) is 7.12. The van der Waals surface area contributed by atoms with Crippen LogP contribution < -0.4 is 5.32 Å². The zero-order valence-electron chi connectivity index (χ0n) is 10.8. The summed E-state index contributed by atoms with van der Waals surface area (Å²) in [5.41, 5.74) is 0. The maximum Gasteiger partial charge on any atom is 0.222 e. The van der Waals surface area contributed by atoms with Gasteiger partial charge in [-0.05, 0) is 6.42 Å². The SMILES string of the molecule is CCCCCCCCCCC[C@H]1CC(=O)N1. The zero-order chi connectivity index (χ0) is 11.6. The summed E-state index contributed by atoms with van der Waals surface area (Å²) in [7, 11) is 0. The van der Waals surface area contributed by atoms with Crippen molar-refractivity contribution in [1.82, 2.24) is 5.32 Å². The molecule has 0 aromatic rings. The molecule has 1 rings (SSSR count). The maximum absolute atomic E-state index is 10.7. The highest BCUT2D eigenvalue weighted by atomic mass is 16.2. The summed E-state index contributed by atoms with van der Waals surface area (Å²) >= 11 is 0. The van der Waals surface area contributed by atoms with Gasteiger partial charge in [-0.3, -0.25) is 4.79 Å². The summed E-state index contributed by atoms with van der Waals surface area (Å²) < 4.78 is 0. The number of hydrogen-bond acceptors (Lipinski definition) is 1. The molecule has 16 heavy (non-hydrogen) atoms. The fraction of sp³-hybridized carbons (Fsp3) is 0.929. The predicted octanol–water partition coefficient (Wildman–Crippen LogP) is 3.80. The van der Waals surface area contributed by atoms with Crippen LogP contribution in [0.25, 0.3) is 0 Å². The Hall–Kier alpha value is -0.530. The van der Waals surface area contributed by atoms with Crippen LogP contribution in [0.3, 0.4) is 0 Å². The van der Waals surface area contributed by atoms with Gasteiger partial charge in [0, 0.05) is 12.5 Å². The monoisotopic (exact) mass is 225 g/mol. The quantitative estimate of drug-likeness (QED) is 0.445. The molecule has 1 amide bonds. The molecule has 0 aromatic heterocycles. The normalized spacial score (nSPS) is 19.3. The van der Waals surface area contributed by atoms with Crippen molar-refractivity contribution in [3.63, 3.8) is 0 Å². The van der Waals surface area contributed by atoms with Crippen molar-refractivity contribution in [1.29, 1.82) is 0 Å². The maximum atomic E-state index is 10.7. The Bertz CT molecular complexity index is 183. The van der Waals surface area contributed by atoms with E-state index in [9.17, 15) is 4.79 Å². The molecule has 0 aliphatic carbocycles. The molecule has 1 aliphatic rings. The van der Waals surface area contributed by atoms with Crippen molar-refractivity contribution in [3.05, 3.63) is 0 Å². The van der Waals surface area contributed by atoms with Gasteiger partial charge in [-0.25, -0.2) is 0 Å². The molecular formula is C14H27NO. The lowest BCUT2D eigenvalue weighted by atomic mass is 9.98. The van der Waals surface area contributed by atoms with Crippen LogP contribution >= 0.6 is 0 Å². The smallest absolute Gasteiger partial charge is 0.222 e. The second kappa shape index (κ2) is 8.60. The minimum Gasteiger partial charge on any atom is -0.353 e. The average molecular weight is 225 g/mol. The van der Waals surface area contributed by atoms with E-state index >= 15 is 0 Å². The van der Waals surface area contributed by atoms with Crippen molar-refractivity contribution in [2.75, 3.05) is 0 Å². The molecule has 0 aromatic carbocycles. The Kier molecular flexibility index (Phi) is 7.28. The van der Waals surface area contributed by atoms with Crippen LogP contribution in [0.1, 0.15) is 77.6 Å². The van der Waals surface area contributed by atoms with Gasteiger partial charge in [-0.2, -0.15) is 0 Å². The van der Waals surface area contributed by atoms with Gasteiger partial charge in [-0.1, -0.05) is 64.7 Å². The van der Waals surface area contributed by atoms with Crippen LogP contribution in [0.4, 0.5) is 0 Å². The van der Waals surface area contributed by atoms with Gasteiger partial charge >= 0.3 is 0 Å². The third-order valence-corrected chi connectivity index (χ3v) is 3.45. The first-order chi connectivity index (χ1) is 7.83. The van der Waals surface area contributed by atoms with Crippen LogP contribution in [0.15, 0.2) is 0 Å². The summed E-state index contributed by atoms with van der Waals surface area (Å²) in [6.07, 6.45) is 14.4. The minimum absolute atomic E-state index is 0.237. The average Bonchev–Trinajstić information content (AvgIpc) is 2.24. The molecule has 1 heterocycles. The van der Waals surface area contributed by atoms with Crippen molar-refractivity contribution >= 4 is 5.91 Å². The summed E-state index contributed by atoms with van der Waals surface area (Å²) in [6, 6.07) is 0.511. The van der Waals surface area contributed by atoms with Gasteiger partial charge in [0.15, 0.2) is 0 Å². The molecule has 1 saturated heterocycles. The van der Waals surface area contributed by atoms with Crippen LogP contribution in [-0.2, 0) is 4.79 Å².